The summed E-state index contributed by atoms with van der Waals surface area (Å²) in [5.74, 6) is 2.66. The van der Waals surface area contributed by atoms with Crippen molar-refractivity contribution in [1.82, 2.24) is 10.2 Å². The molecule has 0 amide bonds. The van der Waals surface area contributed by atoms with E-state index in [0.29, 0.717) is 11.8 Å². The number of thioether (sulfide) groups is 1. The Kier molecular flexibility index (Phi) is 3.61. The van der Waals surface area contributed by atoms with E-state index < -0.39 is 0 Å². The number of H-pyrrole nitrogens is 1. The molecule has 1 fully saturated rings. The first-order valence-corrected chi connectivity index (χ1v) is 7.80. The number of nitrogens with zero attached hydrogens (tertiary/aromatic N) is 1. The van der Waals surface area contributed by atoms with E-state index in [9.17, 15) is 0 Å². The summed E-state index contributed by atoms with van der Waals surface area (Å²) in [7, 11) is 3.33. The molecule has 0 aliphatic heterocycles. The van der Waals surface area contributed by atoms with Crippen molar-refractivity contribution in [3.63, 3.8) is 0 Å². The van der Waals surface area contributed by atoms with E-state index >= 15 is 0 Å². The minimum atomic E-state index is 0.543. The van der Waals surface area contributed by atoms with E-state index in [1.807, 2.05) is 12.3 Å². The summed E-state index contributed by atoms with van der Waals surface area (Å²) < 4.78 is 10.6. The van der Waals surface area contributed by atoms with Gasteiger partial charge in [0.2, 0.25) is 0 Å². The van der Waals surface area contributed by atoms with E-state index in [4.69, 9.17) is 9.47 Å². The zero-order valence-electron chi connectivity index (χ0n) is 11.8. The second-order valence-corrected chi connectivity index (χ2v) is 5.76. The SMILES string of the molecule is COc1ccc(C2CC2c2cc(SC)n[nH]2)cc1OC. The van der Waals surface area contributed by atoms with Crippen LogP contribution in [0.15, 0.2) is 29.3 Å². The fraction of sp³-hybridized carbons (Fsp3) is 0.400. The van der Waals surface area contributed by atoms with Crippen LogP contribution in [0.4, 0.5) is 0 Å². The summed E-state index contributed by atoms with van der Waals surface area (Å²) in [6.07, 6.45) is 3.20. The van der Waals surface area contributed by atoms with Crippen molar-refractivity contribution in [2.75, 3.05) is 20.5 Å². The number of ether oxygens (including phenoxy) is 2. The maximum atomic E-state index is 5.37. The number of rotatable bonds is 5. The molecule has 0 spiro atoms. The lowest BCUT2D eigenvalue weighted by Crippen LogP contribution is -1.92. The number of hydrogen-bond donors (Lipinski definition) is 1. The van der Waals surface area contributed by atoms with Gasteiger partial charge in [-0.05, 0) is 42.4 Å². The lowest BCUT2D eigenvalue weighted by Gasteiger charge is -2.09. The van der Waals surface area contributed by atoms with Crippen LogP contribution in [-0.2, 0) is 0 Å². The third-order valence-electron chi connectivity index (χ3n) is 3.81. The maximum Gasteiger partial charge on any atom is 0.160 e. The first kappa shape index (κ1) is 13.4. The van der Waals surface area contributed by atoms with Crippen LogP contribution in [-0.4, -0.2) is 30.7 Å². The second kappa shape index (κ2) is 5.40. The predicted molar refractivity (Wildman–Crippen MR) is 80.0 cm³/mol. The summed E-state index contributed by atoms with van der Waals surface area (Å²) in [6.45, 7) is 0. The van der Waals surface area contributed by atoms with Crippen LogP contribution in [0.5, 0.6) is 11.5 Å². The van der Waals surface area contributed by atoms with Crippen LogP contribution in [0.3, 0.4) is 0 Å². The second-order valence-electron chi connectivity index (χ2n) is 4.93. The third-order valence-corrected chi connectivity index (χ3v) is 4.44. The Balaban J connectivity index is 1.78. The number of methoxy groups -OCH3 is 2. The lowest BCUT2D eigenvalue weighted by atomic mass is 10.1. The minimum absolute atomic E-state index is 0.543. The molecule has 1 aliphatic carbocycles. The summed E-state index contributed by atoms with van der Waals surface area (Å²) >= 11 is 1.66. The van der Waals surface area contributed by atoms with Gasteiger partial charge in [0, 0.05) is 11.6 Å². The molecule has 4 nitrogen and oxygen atoms in total. The fourth-order valence-corrected chi connectivity index (χ4v) is 2.98. The van der Waals surface area contributed by atoms with Crippen molar-refractivity contribution >= 4 is 11.8 Å². The first-order chi connectivity index (χ1) is 9.76. The van der Waals surface area contributed by atoms with E-state index in [1.165, 1.54) is 11.3 Å². The number of benzene rings is 1. The molecule has 2 unspecified atom stereocenters. The van der Waals surface area contributed by atoms with Gasteiger partial charge in [-0.2, -0.15) is 5.10 Å². The van der Waals surface area contributed by atoms with Crippen LogP contribution >= 0.6 is 11.8 Å². The third kappa shape index (κ3) is 2.38. The Morgan fingerprint density at radius 2 is 1.95 bits per heavy atom. The van der Waals surface area contributed by atoms with Gasteiger partial charge in [-0.3, -0.25) is 5.10 Å². The molecule has 5 heteroatoms. The molecule has 1 saturated carbocycles. The molecule has 3 rings (SSSR count). The molecule has 2 atom stereocenters. The Bertz CT molecular complexity index is 612. The monoisotopic (exact) mass is 290 g/mol. The van der Waals surface area contributed by atoms with Gasteiger partial charge in [0.05, 0.1) is 14.2 Å². The highest BCUT2D eigenvalue weighted by Gasteiger charge is 2.41. The van der Waals surface area contributed by atoms with E-state index in [2.05, 4.69) is 28.4 Å². The van der Waals surface area contributed by atoms with E-state index in [-0.39, 0.29) is 0 Å². The molecule has 20 heavy (non-hydrogen) atoms. The van der Waals surface area contributed by atoms with Gasteiger partial charge in [-0.15, -0.1) is 11.8 Å². The molecule has 1 aromatic heterocycles. The maximum absolute atomic E-state index is 5.37. The molecule has 1 heterocycles. The Hall–Kier alpha value is -1.62. The molecule has 0 bridgehead atoms. The quantitative estimate of drug-likeness (QED) is 0.857. The molecule has 1 N–H and O–H groups in total. The average Bonchev–Trinajstić information content (AvgIpc) is 3.15. The van der Waals surface area contributed by atoms with Crippen molar-refractivity contribution in [2.24, 2.45) is 0 Å². The van der Waals surface area contributed by atoms with Crippen LogP contribution < -0.4 is 9.47 Å². The Morgan fingerprint density at radius 1 is 1.15 bits per heavy atom. The smallest absolute Gasteiger partial charge is 0.160 e. The molecular weight excluding hydrogens is 272 g/mol. The van der Waals surface area contributed by atoms with Crippen molar-refractivity contribution in [3.8, 4) is 11.5 Å². The van der Waals surface area contributed by atoms with Crippen molar-refractivity contribution in [2.45, 2.75) is 23.3 Å². The Morgan fingerprint density at radius 3 is 2.60 bits per heavy atom. The largest absolute Gasteiger partial charge is 0.493 e. The van der Waals surface area contributed by atoms with E-state index in [0.717, 1.165) is 22.9 Å². The standard InChI is InChI=1S/C15H18N2O2S/c1-18-13-5-4-9(6-14(13)19-2)10-7-11(10)12-8-15(20-3)17-16-12/h4-6,8,10-11H,7H2,1-3H3,(H,16,17). The van der Waals surface area contributed by atoms with Gasteiger partial charge in [-0.1, -0.05) is 6.07 Å². The van der Waals surface area contributed by atoms with Gasteiger partial charge >= 0.3 is 0 Å². The minimum Gasteiger partial charge on any atom is -0.493 e. The van der Waals surface area contributed by atoms with Crippen molar-refractivity contribution in [1.29, 1.82) is 0 Å². The van der Waals surface area contributed by atoms with Gasteiger partial charge in [0.15, 0.2) is 11.5 Å². The van der Waals surface area contributed by atoms with Crippen LogP contribution in [0.25, 0.3) is 0 Å². The van der Waals surface area contributed by atoms with Crippen LogP contribution in [0.2, 0.25) is 0 Å². The van der Waals surface area contributed by atoms with Crippen LogP contribution in [0.1, 0.15) is 29.5 Å². The lowest BCUT2D eigenvalue weighted by molar-refractivity contribution is 0.354. The van der Waals surface area contributed by atoms with E-state index in [1.54, 1.807) is 26.0 Å². The van der Waals surface area contributed by atoms with Crippen molar-refractivity contribution < 1.29 is 9.47 Å². The van der Waals surface area contributed by atoms with Gasteiger partial charge < -0.3 is 9.47 Å². The molecule has 0 saturated heterocycles. The summed E-state index contributed by atoms with van der Waals surface area (Å²) in [5.41, 5.74) is 2.53. The molecule has 1 aromatic carbocycles. The van der Waals surface area contributed by atoms with Gasteiger partial charge in [0.1, 0.15) is 5.03 Å². The van der Waals surface area contributed by atoms with Gasteiger partial charge in [-0.25, -0.2) is 0 Å². The highest BCUT2D eigenvalue weighted by atomic mass is 32.2. The van der Waals surface area contributed by atoms with Crippen LogP contribution in [0, 0.1) is 0 Å². The number of hydrogen-bond acceptors (Lipinski definition) is 4. The highest BCUT2D eigenvalue weighted by molar-refractivity contribution is 7.98. The molecule has 2 aromatic rings. The molecule has 0 radical (unpaired) electrons. The first-order valence-electron chi connectivity index (χ1n) is 6.58. The number of aromatic nitrogens is 2. The topological polar surface area (TPSA) is 47.1 Å². The summed E-state index contributed by atoms with van der Waals surface area (Å²) in [4.78, 5) is 0. The van der Waals surface area contributed by atoms with Crippen molar-refractivity contribution in [3.05, 3.63) is 35.5 Å². The molecular formula is C15H18N2O2S. The Labute approximate surface area is 122 Å². The predicted octanol–water partition coefficient (Wildman–Crippen LogP) is 3.42. The normalized spacial score (nSPS) is 20.8. The summed E-state index contributed by atoms with van der Waals surface area (Å²) in [6, 6.07) is 8.33. The number of aromatic amines is 1. The zero-order chi connectivity index (χ0) is 14.1. The molecule has 1 aliphatic rings. The highest BCUT2D eigenvalue weighted by Crippen LogP contribution is 2.55. The summed E-state index contributed by atoms with van der Waals surface area (Å²) in [5, 5.41) is 8.47. The fourth-order valence-electron chi connectivity index (χ4n) is 2.60. The zero-order valence-corrected chi connectivity index (χ0v) is 12.7. The average molecular weight is 290 g/mol. The molecule has 106 valence electrons. The van der Waals surface area contributed by atoms with Gasteiger partial charge in [0.25, 0.3) is 0 Å². The number of nitrogens with one attached hydrogen (secondary N) is 1.